The minimum atomic E-state index is -4.54. The summed E-state index contributed by atoms with van der Waals surface area (Å²) in [6.45, 7) is -1.60. The molecule has 154 valence electrons. The molecule has 1 amide bonds. The van der Waals surface area contributed by atoms with Crippen molar-refractivity contribution in [2.75, 3.05) is 6.61 Å². The lowest BCUT2D eigenvalue weighted by Crippen LogP contribution is -2.40. The molecule has 1 N–H and O–H groups in total. The molecule has 0 aliphatic heterocycles. The molecule has 0 heterocycles. The summed E-state index contributed by atoms with van der Waals surface area (Å²) in [5, 5.41) is 2.43. The maximum Gasteiger partial charge on any atom is 0.422 e. The topological polar surface area (TPSA) is 64.6 Å². The van der Waals surface area contributed by atoms with Gasteiger partial charge in [0.05, 0.1) is 5.92 Å². The Morgan fingerprint density at radius 2 is 1.89 bits per heavy atom. The number of rotatable bonds is 5. The summed E-state index contributed by atoms with van der Waals surface area (Å²) >= 11 is 3.43. The molecule has 0 radical (unpaired) electrons. The molecule has 0 aromatic heterocycles. The number of nitrogens with one attached hydrogen (secondary N) is 1. The predicted molar refractivity (Wildman–Crippen MR) is 97.7 cm³/mol. The molecule has 2 saturated carbocycles. The molecule has 3 rings (SSSR count). The number of hydrogen-bond donors (Lipinski definition) is 1. The van der Waals surface area contributed by atoms with Crippen LogP contribution in [0.4, 0.5) is 18.0 Å². The van der Waals surface area contributed by atoms with Gasteiger partial charge in [-0.25, -0.2) is 4.79 Å². The van der Waals surface area contributed by atoms with Gasteiger partial charge >= 0.3 is 18.2 Å². The number of hydrogen-bond acceptors (Lipinski definition) is 4. The van der Waals surface area contributed by atoms with Crippen molar-refractivity contribution in [2.24, 2.45) is 5.92 Å². The standard InChI is InChI=1S/C19H21BrF3NO4/c20-12-3-1-2-11(8-12)15-9-16(15)17(25)28-14-6-4-13(5-7-14)24-18(26)27-10-19(21,22)23/h1-3,8,13-16H,4-7,9-10H2,(H,24,26). The molecule has 1 aromatic rings. The van der Waals surface area contributed by atoms with Gasteiger partial charge in [-0.05, 0) is 55.7 Å². The number of alkyl carbamates (subject to hydrolysis) is 1. The molecule has 2 unspecified atom stereocenters. The second-order valence-electron chi connectivity index (χ2n) is 7.25. The second kappa shape index (κ2) is 8.71. The maximum absolute atomic E-state index is 12.4. The molecule has 1 aromatic carbocycles. The predicted octanol–water partition coefficient (Wildman–Crippen LogP) is 4.70. The molecule has 2 aliphatic carbocycles. The Morgan fingerprint density at radius 3 is 2.54 bits per heavy atom. The Kier molecular flexibility index (Phi) is 6.52. The van der Waals surface area contributed by atoms with E-state index in [9.17, 15) is 22.8 Å². The minimum Gasteiger partial charge on any atom is -0.462 e. The van der Waals surface area contributed by atoms with Crippen LogP contribution in [0.2, 0.25) is 0 Å². The van der Waals surface area contributed by atoms with Crippen LogP contribution in [-0.2, 0) is 14.3 Å². The summed E-state index contributed by atoms with van der Waals surface area (Å²) in [6, 6.07) is 7.61. The van der Waals surface area contributed by atoms with Crippen LogP contribution < -0.4 is 5.32 Å². The Hall–Kier alpha value is -1.77. The highest BCUT2D eigenvalue weighted by Gasteiger charge is 2.46. The normalized spacial score (nSPS) is 27.0. The summed E-state index contributed by atoms with van der Waals surface area (Å²) in [4.78, 5) is 23.7. The van der Waals surface area contributed by atoms with Gasteiger partial charge in [0, 0.05) is 10.5 Å². The van der Waals surface area contributed by atoms with Gasteiger partial charge in [0.2, 0.25) is 0 Å². The fraction of sp³-hybridized carbons (Fsp3) is 0.579. The first kappa shape index (κ1) is 21.0. The zero-order valence-corrected chi connectivity index (χ0v) is 16.6. The molecule has 5 nitrogen and oxygen atoms in total. The zero-order chi connectivity index (χ0) is 20.3. The third kappa shape index (κ3) is 6.12. The van der Waals surface area contributed by atoms with Gasteiger partial charge < -0.3 is 14.8 Å². The largest absolute Gasteiger partial charge is 0.462 e. The molecule has 28 heavy (non-hydrogen) atoms. The number of benzene rings is 1. The van der Waals surface area contributed by atoms with E-state index in [4.69, 9.17) is 4.74 Å². The van der Waals surface area contributed by atoms with E-state index in [0.29, 0.717) is 25.7 Å². The monoisotopic (exact) mass is 463 g/mol. The Balaban J connectivity index is 1.37. The van der Waals surface area contributed by atoms with Crippen LogP contribution in [0, 0.1) is 5.92 Å². The van der Waals surface area contributed by atoms with Crippen molar-refractivity contribution in [1.82, 2.24) is 5.32 Å². The molecular weight excluding hydrogens is 443 g/mol. The Labute approximate surface area is 169 Å². The average molecular weight is 464 g/mol. The van der Waals surface area contributed by atoms with Gasteiger partial charge in [0.25, 0.3) is 0 Å². The summed E-state index contributed by atoms with van der Waals surface area (Å²) in [7, 11) is 0. The van der Waals surface area contributed by atoms with Gasteiger partial charge in [-0.2, -0.15) is 13.2 Å². The van der Waals surface area contributed by atoms with Gasteiger partial charge in [-0.1, -0.05) is 28.1 Å². The first-order chi connectivity index (χ1) is 13.2. The van der Waals surface area contributed by atoms with Crippen molar-refractivity contribution < 1.29 is 32.2 Å². The lowest BCUT2D eigenvalue weighted by molar-refractivity contribution is -0.160. The molecule has 2 fully saturated rings. The van der Waals surface area contributed by atoms with Crippen molar-refractivity contribution in [2.45, 2.75) is 56.3 Å². The van der Waals surface area contributed by atoms with E-state index in [0.717, 1.165) is 16.5 Å². The molecule has 0 saturated heterocycles. The Bertz CT molecular complexity index is 719. The SMILES string of the molecule is O=C(NC1CCC(OC(=O)C2CC2c2cccc(Br)c2)CC1)OCC(F)(F)F. The fourth-order valence-corrected chi connectivity index (χ4v) is 3.91. The summed E-state index contributed by atoms with van der Waals surface area (Å²) < 4.78 is 46.8. The summed E-state index contributed by atoms with van der Waals surface area (Å²) in [5.74, 6) is -0.139. The van der Waals surface area contributed by atoms with Gasteiger partial charge in [-0.3, -0.25) is 4.79 Å². The quantitative estimate of drug-likeness (QED) is 0.643. The fourth-order valence-electron chi connectivity index (χ4n) is 3.49. The minimum absolute atomic E-state index is 0.123. The first-order valence-corrected chi connectivity index (χ1v) is 9.96. The van der Waals surface area contributed by atoms with E-state index in [2.05, 4.69) is 26.0 Å². The zero-order valence-electron chi connectivity index (χ0n) is 15.0. The van der Waals surface area contributed by atoms with Gasteiger partial charge in [0.15, 0.2) is 6.61 Å². The highest BCUT2D eigenvalue weighted by molar-refractivity contribution is 9.10. The lowest BCUT2D eigenvalue weighted by atomic mass is 9.93. The van der Waals surface area contributed by atoms with E-state index in [1.165, 1.54) is 0 Å². The van der Waals surface area contributed by atoms with Gasteiger partial charge in [0.1, 0.15) is 6.10 Å². The van der Waals surface area contributed by atoms with E-state index < -0.39 is 18.9 Å². The molecule has 0 bridgehead atoms. The number of carbonyl (C=O) groups excluding carboxylic acids is 2. The number of ether oxygens (including phenoxy) is 2. The average Bonchev–Trinajstić information content (AvgIpc) is 3.42. The van der Waals surface area contributed by atoms with Crippen LogP contribution in [0.15, 0.2) is 28.7 Å². The van der Waals surface area contributed by atoms with Crippen molar-refractivity contribution in [1.29, 1.82) is 0 Å². The van der Waals surface area contributed by atoms with Crippen molar-refractivity contribution in [3.05, 3.63) is 34.3 Å². The van der Waals surface area contributed by atoms with Crippen LogP contribution in [-0.4, -0.2) is 37.0 Å². The van der Waals surface area contributed by atoms with Crippen LogP contribution in [0.3, 0.4) is 0 Å². The number of halogens is 4. The molecule has 0 spiro atoms. The maximum atomic E-state index is 12.4. The third-order valence-corrected chi connectivity index (χ3v) is 5.51. The van der Waals surface area contributed by atoms with Crippen LogP contribution >= 0.6 is 15.9 Å². The smallest absolute Gasteiger partial charge is 0.422 e. The van der Waals surface area contributed by atoms with Crippen molar-refractivity contribution in [3.63, 3.8) is 0 Å². The van der Waals surface area contributed by atoms with Crippen molar-refractivity contribution >= 4 is 28.0 Å². The first-order valence-electron chi connectivity index (χ1n) is 9.17. The van der Waals surface area contributed by atoms with Crippen LogP contribution in [0.1, 0.15) is 43.6 Å². The number of carbonyl (C=O) groups is 2. The highest BCUT2D eigenvalue weighted by Crippen LogP contribution is 2.49. The third-order valence-electron chi connectivity index (χ3n) is 5.02. The summed E-state index contributed by atoms with van der Waals surface area (Å²) in [5.41, 5.74) is 1.11. The lowest BCUT2D eigenvalue weighted by Gasteiger charge is -2.28. The van der Waals surface area contributed by atoms with Crippen LogP contribution in [0.25, 0.3) is 0 Å². The van der Waals surface area contributed by atoms with E-state index >= 15 is 0 Å². The molecule has 2 atom stereocenters. The molecule has 9 heteroatoms. The van der Waals surface area contributed by atoms with E-state index in [1.54, 1.807) is 0 Å². The number of amides is 1. The molecule has 2 aliphatic rings. The van der Waals surface area contributed by atoms with Gasteiger partial charge in [-0.15, -0.1) is 0 Å². The van der Waals surface area contributed by atoms with E-state index in [1.807, 2.05) is 24.3 Å². The number of alkyl halides is 3. The molecular formula is C19H21BrF3NO4. The summed E-state index contributed by atoms with van der Waals surface area (Å²) in [6.07, 6.45) is -2.89. The van der Waals surface area contributed by atoms with E-state index in [-0.39, 0.29) is 30.0 Å². The van der Waals surface area contributed by atoms with Crippen LogP contribution in [0.5, 0.6) is 0 Å². The number of esters is 1. The Morgan fingerprint density at radius 1 is 1.18 bits per heavy atom. The van der Waals surface area contributed by atoms with Crippen molar-refractivity contribution in [3.8, 4) is 0 Å². The second-order valence-corrected chi connectivity index (χ2v) is 8.17. The highest BCUT2D eigenvalue weighted by atomic mass is 79.9.